The minimum absolute atomic E-state index is 0. The van der Waals surface area contributed by atoms with Gasteiger partial charge in [-0.2, -0.15) is 0 Å². The molecule has 26 heavy (non-hydrogen) atoms. The lowest BCUT2D eigenvalue weighted by molar-refractivity contribution is 0.333. The van der Waals surface area contributed by atoms with Crippen LogP contribution in [0.25, 0.3) is 0 Å². The van der Waals surface area contributed by atoms with Crippen LogP contribution in [-0.2, 0) is 10.0 Å². The molecule has 1 aliphatic carbocycles. The first-order valence-electron chi connectivity index (χ1n) is 8.52. The predicted octanol–water partition coefficient (Wildman–Crippen LogP) is 3.68. The summed E-state index contributed by atoms with van der Waals surface area (Å²) in [5.41, 5.74) is 1.53. The van der Waals surface area contributed by atoms with Crippen molar-refractivity contribution in [3.8, 4) is 5.75 Å². The van der Waals surface area contributed by atoms with Crippen LogP contribution in [0, 0.1) is 0 Å². The first-order chi connectivity index (χ1) is 12.1. The first kappa shape index (κ1) is 20.3. The standard InChI is InChI=1S/C18H23N3O3S.ClH/c22-25(23,18-6-1-2-7-18)21-16-4-3-5-17(14-16)24-13-12-20-15-8-10-19-11-9-15;/h3-5,8-11,14,18,21H,1-2,6-7,12-13H2,(H,19,20);1H. The molecule has 0 amide bonds. The van der Waals surface area contributed by atoms with Gasteiger partial charge in [-0.15, -0.1) is 12.4 Å². The van der Waals surface area contributed by atoms with Crippen LogP contribution in [0.1, 0.15) is 25.7 Å². The number of rotatable bonds is 8. The van der Waals surface area contributed by atoms with E-state index < -0.39 is 10.0 Å². The molecule has 142 valence electrons. The van der Waals surface area contributed by atoms with E-state index >= 15 is 0 Å². The Morgan fingerprint density at radius 1 is 1.08 bits per heavy atom. The van der Waals surface area contributed by atoms with Crippen molar-refractivity contribution in [3.63, 3.8) is 0 Å². The van der Waals surface area contributed by atoms with Crippen molar-refractivity contribution in [1.82, 2.24) is 4.98 Å². The minimum atomic E-state index is -3.31. The molecular formula is C18H24ClN3O3S. The summed E-state index contributed by atoms with van der Waals surface area (Å²) in [4.78, 5) is 3.96. The van der Waals surface area contributed by atoms with E-state index in [4.69, 9.17) is 4.74 Å². The van der Waals surface area contributed by atoms with Gasteiger partial charge in [0.25, 0.3) is 0 Å². The van der Waals surface area contributed by atoms with Gasteiger partial charge in [-0.05, 0) is 37.1 Å². The number of hydrogen-bond donors (Lipinski definition) is 2. The van der Waals surface area contributed by atoms with Gasteiger partial charge in [-0.3, -0.25) is 9.71 Å². The van der Waals surface area contributed by atoms with Gasteiger partial charge in [-0.25, -0.2) is 8.42 Å². The number of anilines is 2. The lowest BCUT2D eigenvalue weighted by Gasteiger charge is -2.14. The number of hydrogen-bond acceptors (Lipinski definition) is 5. The van der Waals surface area contributed by atoms with Crippen LogP contribution in [0.4, 0.5) is 11.4 Å². The fraction of sp³-hybridized carbons (Fsp3) is 0.389. The van der Waals surface area contributed by atoms with Gasteiger partial charge in [0.1, 0.15) is 12.4 Å². The molecule has 1 saturated carbocycles. The molecule has 8 heteroatoms. The third kappa shape index (κ3) is 5.78. The van der Waals surface area contributed by atoms with E-state index in [0.717, 1.165) is 31.4 Å². The quantitative estimate of drug-likeness (QED) is 0.664. The predicted molar refractivity (Wildman–Crippen MR) is 107 cm³/mol. The maximum Gasteiger partial charge on any atom is 0.235 e. The molecule has 1 heterocycles. The van der Waals surface area contributed by atoms with Crippen LogP contribution in [-0.4, -0.2) is 31.8 Å². The van der Waals surface area contributed by atoms with E-state index in [-0.39, 0.29) is 17.7 Å². The zero-order chi connectivity index (χ0) is 17.5. The summed E-state index contributed by atoms with van der Waals surface area (Å²) in [5.74, 6) is 0.642. The van der Waals surface area contributed by atoms with Crippen LogP contribution in [0.2, 0.25) is 0 Å². The average Bonchev–Trinajstić information content (AvgIpc) is 3.15. The molecule has 2 aromatic rings. The summed E-state index contributed by atoms with van der Waals surface area (Å²) in [6.07, 6.45) is 6.91. The van der Waals surface area contributed by atoms with Gasteiger partial charge in [0.2, 0.25) is 10.0 Å². The Morgan fingerprint density at radius 2 is 1.81 bits per heavy atom. The summed E-state index contributed by atoms with van der Waals surface area (Å²) in [6.45, 7) is 1.11. The van der Waals surface area contributed by atoms with Crippen LogP contribution in [0.5, 0.6) is 5.75 Å². The molecule has 2 N–H and O–H groups in total. The van der Waals surface area contributed by atoms with Crippen molar-refractivity contribution in [2.75, 3.05) is 23.2 Å². The van der Waals surface area contributed by atoms with E-state index in [0.29, 0.717) is 24.6 Å². The number of ether oxygens (including phenoxy) is 1. The largest absolute Gasteiger partial charge is 0.492 e. The number of sulfonamides is 1. The summed E-state index contributed by atoms with van der Waals surface area (Å²) >= 11 is 0. The smallest absolute Gasteiger partial charge is 0.235 e. The highest BCUT2D eigenvalue weighted by molar-refractivity contribution is 7.93. The third-order valence-corrected chi connectivity index (χ3v) is 6.08. The second-order valence-corrected chi connectivity index (χ2v) is 8.05. The zero-order valence-corrected chi connectivity index (χ0v) is 16.1. The molecule has 3 rings (SSSR count). The third-order valence-electron chi connectivity index (χ3n) is 4.22. The molecule has 0 saturated heterocycles. The monoisotopic (exact) mass is 397 g/mol. The Kier molecular flexibility index (Phi) is 7.53. The Bertz CT molecular complexity index is 781. The molecule has 0 spiro atoms. The molecule has 1 aromatic heterocycles. The summed E-state index contributed by atoms with van der Waals surface area (Å²) in [7, 11) is -3.31. The van der Waals surface area contributed by atoms with Gasteiger partial charge in [-0.1, -0.05) is 18.9 Å². The number of pyridine rings is 1. The molecule has 0 aliphatic heterocycles. The van der Waals surface area contributed by atoms with Crippen molar-refractivity contribution in [2.24, 2.45) is 0 Å². The van der Waals surface area contributed by atoms with Crippen molar-refractivity contribution < 1.29 is 13.2 Å². The van der Waals surface area contributed by atoms with Crippen molar-refractivity contribution in [3.05, 3.63) is 48.8 Å². The molecule has 1 aromatic carbocycles. The Hall–Kier alpha value is -1.99. The first-order valence-corrected chi connectivity index (χ1v) is 10.1. The molecular weight excluding hydrogens is 374 g/mol. The van der Waals surface area contributed by atoms with E-state index in [1.807, 2.05) is 18.2 Å². The topological polar surface area (TPSA) is 80.3 Å². The summed E-state index contributed by atoms with van der Waals surface area (Å²) in [6, 6.07) is 10.8. The van der Waals surface area contributed by atoms with E-state index in [1.54, 1.807) is 30.6 Å². The second-order valence-electron chi connectivity index (χ2n) is 6.09. The normalized spacial score (nSPS) is 14.5. The van der Waals surface area contributed by atoms with Gasteiger partial charge < -0.3 is 10.1 Å². The molecule has 1 aliphatic rings. The van der Waals surface area contributed by atoms with E-state index in [1.165, 1.54) is 0 Å². The van der Waals surface area contributed by atoms with Crippen LogP contribution in [0.3, 0.4) is 0 Å². The number of nitrogens with zero attached hydrogens (tertiary/aromatic N) is 1. The maximum atomic E-state index is 12.4. The lowest BCUT2D eigenvalue weighted by Crippen LogP contribution is -2.25. The highest BCUT2D eigenvalue weighted by atomic mass is 35.5. The summed E-state index contributed by atoms with van der Waals surface area (Å²) < 4.78 is 33.1. The molecule has 6 nitrogen and oxygen atoms in total. The highest BCUT2D eigenvalue weighted by Crippen LogP contribution is 2.27. The van der Waals surface area contributed by atoms with Gasteiger partial charge in [0, 0.05) is 30.7 Å². The van der Waals surface area contributed by atoms with Gasteiger partial charge in [0.05, 0.1) is 10.9 Å². The van der Waals surface area contributed by atoms with Gasteiger partial charge >= 0.3 is 0 Å². The van der Waals surface area contributed by atoms with E-state index in [2.05, 4.69) is 15.0 Å². The molecule has 1 fully saturated rings. The summed E-state index contributed by atoms with van der Waals surface area (Å²) in [5, 5.41) is 2.95. The zero-order valence-electron chi connectivity index (χ0n) is 14.4. The Labute approximate surface area is 160 Å². The van der Waals surface area contributed by atoms with Crippen LogP contribution >= 0.6 is 12.4 Å². The van der Waals surface area contributed by atoms with Gasteiger partial charge in [0.15, 0.2) is 0 Å². The maximum absolute atomic E-state index is 12.4. The Balaban J connectivity index is 0.00000243. The second kappa shape index (κ2) is 9.64. The van der Waals surface area contributed by atoms with E-state index in [9.17, 15) is 8.42 Å². The van der Waals surface area contributed by atoms with Crippen molar-refractivity contribution in [1.29, 1.82) is 0 Å². The average molecular weight is 398 g/mol. The van der Waals surface area contributed by atoms with Crippen molar-refractivity contribution >= 4 is 33.8 Å². The van der Waals surface area contributed by atoms with Crippen LogP contribution < -0.4 is 14.8 Å². The molecule has 0 unspecified atom stereocenters. The van der Waals surface area contributed by atoms with Crippen molar-refractivity contribution in [2.45, 2.75) is 30.9 Å². The van der Waals surface area contributed by atoms with Crippen LogP contribution in [0.15, 0.2) is 48.8 Å². The highest BCUT2D eigenvalue weighted by Gasteiger charge is 2.28. The molecule has 0 radical (unpaired) electrons. The lowest BCUT2D eigenvalue weighted by atomic mass is 10.3. The molecule has 0 atom stereocenters. The number of benzene rings is 1. The minimum Gasteiger partial charge on any atom is -0.492 e. The number of nitrogens with one attached hydrogen (secondary N) is 2. The molecule has 0 bridgehead atoms. The fourth-order valence-electron chi connectivity index (χ4n) is 2.93. The number of halogens is 1. The fourth-order valence-corrected chi connectivity index (χ4v) is 4.51. The Morgan fingerprint density at radius 3 is 2.54 bits per heavy atom. The SMILES string of the molecule is Cl.O=S(=O)(Nc1cccc(OCCNc2ccncc2)c1)C1CCCC1. The number of aromatic nitrogens is 1.